The molecule has 1 unspecified atom stereocenters. The Hall–Kier alpha value is -0.444. The van der Waals surface area contributed by atoms with Crippen molar-refractivity contribution in [2.75, 3.05) is 13.2 Å². The summed E-state index contributed by atoms with van der Waals surface area (Å²) in [5.74, 6) is 1.34. The second-order valence-electron chi connectivity index (χ2n) is 6.03. The summed E-state index contributed by atoms with van der Waals surface area (Å²) in [5.41, 5.74) is 7.32. The summed E-state index contributed by atoms with van der Waals surface area (Å²) in [5, 5.41) is 19.4. The number of hydrogen-bond acceptors (Lipinski definition) is 5. The molecule has 0 fully saturated rings. The summed E-state index contributed by atoms with van der Waals surface area (Å²) >= 11 is 0. The molecule has 0 saturated heterocycles. The summed E-state index contributed by atoms with van der Waals surface area (Å²) in [6.45, 7) is 5.11. The van der Waals surface area contributed by atoms with Crippen LogP contribution in [0.15, 0.2) is 48.5 Å². The molecule has 2 aromatic rings. The van der Waals surface area contributed by atoms with Crippen LogP contribution in [-0.4, -0.2) is 24.5 Å². The molecule has 0 spiro atoms. The molecule has 0 aliphatic rings. The number of aliphatic hydroxyl groups excluding tert-OH is 1. The topological polar surface area (TPSA) is 87.8 Å². The molecule has 5 nitrogen and oxygen atoms in total. The van der Waals surface area contributed by atoms with E-state index in [1.54, 1.807) is 0 Å². The average molecular weight is 368 g/mol. The largest absolute Gasteiger partial charge is 1.03 e. The van der Waals surface area contributed by atoms with Crippen molar-refractivity contribution in [3.8, 4) is 11.5 Å². The quantitative estimate of drug-likeness (QED) is 0.339. The van der Waals surface area contributed by atoms with Gasteiger partial charge in [-0.2, -0.15) is 0 Å². The van der Waals surface area contributed by atoms with Crippen molar-refractivity contribution < 1.29 is 71.1 Å². The van der Waals surface area contributed by atoms with Gasteiger partial charge in [0.15, 0.2) is 0 Å². The number of aliphatic hydroxyl groups is 1. The van der Waals surface area contributed by atoms with E-state index in [1.165, 1.54) is 0 Å². The Morgan fingerprint density at radius 1 is 1.00 bits per heavy atom. The Balaban J connectivity index is 0.00000312. The summed E-state index contributed by atoms with van der Waals surface area (Å²) in [6.07, 6.45) is -0.985. The van der Waals surface area contributed by atoms with E-state index in [4.69, 9.17) is 20.3 Å². The number of nitrogens with two attached hydrogens (primary N) is 1. The van der Waals surface area contributed by atoms with Crippen molar-refractivity contribution in [1.82, 2.24) is 0 Å². The molecule has 0 aliphatic carbocycles. The molecule has 3 N–H and O–H groups in total. The molecule has 0 aromatic heterocycles. The van der Waals surface area contributed by atoms with Gasteiger partial charge in [-0.3, -0.25) is 0 Å². The van der Waals surface area contributed by atoms with Crippen LogP contribution in [0.3, 0.4) is 0 Å². The van der Waals surface area contributed by atoms with Crippen LogP contribution in [0.5, 0.6) is 11.5 Å². The predicted molar refractivity (Wildman–Crippen MR) is 90.5 cm³/mol. The Morgan fingerprint density at radius 3 is 1.84 bits per heavy atom. The maximum Gasteiger partial charge on any atom is 1.00 e. The first-order chi connectivity index (χ1) is 11.4. The molecule has 0 radical (unpaired) electrons. The van der Waals surface area contributed by atoms with Crippen LogP contribution in [0.4, 0.5) is 0 Å². The maximum absolute atomic E-state index is 10.3. The Bertz CT molecular complexity index is 627. The van der Waals surface area contributed by atoms with Gasteiger partial charge in [0.25, 0.3) is 0 Å². The fourth-order valence-corrected chi connectivity index (χ4v) is 2.41. The van der Waals surface area contributed by atoms with E-state index in [-0.39, 0.29) is 70.0 Å². The maximum atomic E-state index is 10.3. The molecule has 0 bridgehead atoms. The van der Waals surface area contributed by atoms with Gasteiger partial charge < -0.3 is 32.0 Å². The van der Waals surface area contributed by atoms with Crippen LogP contribution in [0.25, 0.3) is 0 Å². The molecule has 0 amide bonds. The molecule has 25 heavy (non-hydrogen) atoms. The van der Waals surface area contributed by atoms with Crippen molar-refractivity contribution in [1.29, 1.82) is 0 Å². The zero-order chi connectivity index (χ0) is 17.6. The first kappa shape index (κ1) is 22.6. The van der Waals surface area contributed by atoms with E-state index in [0.717, 1.165) is 17.7 Å². The summed E-state index contributed by atoms with van der Waals surface area (Å²) in [7, 11) is 0. The molecule has 2 rings (SSSR count). The van der Waals surface area contributed by atoms with Gasteiger partial charge in [0.05, 0.1) is 0 Å². The van der Waals surface area contributed by atoms with Crippen LogP contribution in [0.1, 0.15) is 25.0 Å². The molecule has 0 heterocycles. The van der Waals surface area contributed by atoms with E-state index >= 15 is 0 Å². The minimum atomic E-state index is -0.985. The van der Waals surface area contributed by atoms with Gasteiger partial charge in [0.1, 0.15) is 24.3 Å². The van der Waals surface area contributed by atoms with Gasteiger partial charge in [0, 0.05) is 5.41 Å². The van der Waals surface area contributed by atoms with E-state index in [0.29, 0.717) is 11.5 Å². The molecule has 1 atom stereocenters. The van der Waals surface area contributed by atoms with Gasteiger partial charge >= 0.3 is 51.4 Å². The van der Waals surface area contributed by atoms with Crippen molar-refractivity contribution in [2.45, 2.75) is 25.5 Å². The van der Waals surface area contributed by atoms with Crippen molar-refractivity contribution >= 4 is 0 Å². The van der Waals surface area contributed by atoms with Gasteiger partial charge in [-0.25, -0.2) is 0 Å². The van der Waals surface area contributed by atoms with E-state index < -0.39 is 6.23 Å². The summed E-state index contributed by atoms with van der Waals surface area (Å²) in [6, 6.07) is 15.4. The van der Waals surface area contributed by atoms with Crippen LogP contribution in [0, 0.1) is 6.61 Å². The zero-order valence-corrected chi connectivity index (χ0v) is 18.1. The van der Waals surface area contributed by atoms with Crippen molar-refractivity contribution in [3.05, 3.63) is 66.3 Å². The molecular formula is C19H23KNO4-. The minimum Gasteiger partial charge on any atom is -1.03 e. The normalized spacial score (nSPS) is 12.2. The second kappa shape index (κ2) is 10.6. The fourth-order valence-electron chi connectivity index (χ4n) is 2.41. The monoisotopic (exact) mass is 368 g/mol. The Labute approximate surface area is 191 Å². The van der Waals surface area contributed by atoms with Gasteiger partial charge in [0.2, 0.25) is 0 Å². The number of rotatable bonds is 8. The molecule has 2 aromatic carbocycles. The van der Waals surface area contributed by atoms with Crippen molar-refractivity contribution in [3.63, 3.8) is 0 Å². The van der Waals surface area contributed by atoms with Crippen LogP contribution >= 0.6 is 0 Å². The SMILES string of the molecule is CC(C)(c1ccc(OC[CH-][O-])cc1)c1ccc(OCC(N)O)cc1.[K+]. The third kappa shape index (κ3) is 6.65. The van der Waals surface area contributed by atoms with E-state index in [1.807, 2.05) is 48.5 Å². The summed E-state index contributed by atoms with van der Waals surface area (Å²) < 4.78 is 10.6. The third-order valence-corrected chi connectivity index (χ3v) is 3.89. The Morgan fingerprint density at radius 2 is 1.44 bits per heavy atom. The van der Waals surface area contributed by atoms with Crippen molar-refractivity contribution in [2.24, 2.45) is 5.73 Å². The third-order valence-electron chi connectivity index (χ3n) is 3.89. The summed E-state index contributed by atoms with van der Waals surface area (Å²) in [4.78, 5) is 0. The molecule has 0 saturated carbocycles. The zero-order valence-electron chi connectivity index (χ0n) is 14.9. The first-order valence-electron chi connectivity index (χ1n) is 7.77. The van der Waals surface area contributed by atoms with E-state index in [9.17, 15) is 5.11 Å². The number of benzene rings is 2. The molecule has 0 aliphatic heterocycles. The molecule has 130 valence electrons. The van der Waals surface area contributed by atoms with Crippen LogP contribution in [-0.2, 0) is 5.41 Å². The molecular weight excluding hydrogens is 345 g/mol. The van der Waals surface area contributed by atoms with Gasteiger partial charge in [-0.1, -0.05) is 44.7 Å². The van der Waals surface area contributed by atoms with Crippen LogP contribution in [0.2, 0.25) is 0 Å². The Kier molecular flexibility index (Phi) is 9.62. The average Bonchev–Trinajstić information content (AvgIpc) is 2.59. The standard InChI is InChI=1S/C19H23NO4.K/c1-19(2,14-3-7-16(8-4-14)23-12-11-21)15-5-9-17(10-6-15)24-13-18(20)22;/h3-11,18,22H,12-13,20H2,1-2H3;/q-2;+1. The second-order valence-corrected chi connectivity index (χ2v) is 6.03. The van der Waals surface area contributed by atoms with Gasteiger partial charge in [-0.05, 0) is 35.4 Å². The fraction of sp³-hybridized carbons (Fsp3) is 0.316. The van der Waals surface area contributed by atoms with E-state index in [2.05, 4.69) is 13.8 Å². The first-order valence-corrected chi connectivity index (χ1v) is 7.77. The number of hydrogen-bond donors (Lipinski definition) is 2. The predicted octanol–water partition coefficient (Wildman–Crippen LogP) is -1.43. The van der Waals surface area contributed by atoms with Gasteiger partial charge in [-0.15, -0.1) is 0 Å². The smallest absolute Gasteiger partial charge is 1.00 e. The van der Waals surface area contributed by atoms with Crippen LogP contribution < -0.4 is 71.7 Å². The minimum absolute atomic E-state index is 0. The molecule has 6 heteroatoms. The number of ether oxygens (including phenoxy) is 2.